The summed E-state index contributed by atoms with van der Waals surface area (Å²) in [5.41, 5.74) is 3.85. The summed E-state index contributed by atoms with van der Waals surface area (Å²) in [5.74, 6) is -1.95. The molecule has 13 heteroatoms. The highest BCUT2D eigenvalue weighted by atomic mass is 19.1. The van der Waals surface area contributed by atoms with Crippen LogP contribution in [0.5, 0.6) is 0 Å². The number of nitrogens with one attached hydrogen (secondary N) is 1. The fourth-order valence-electron chi connectivity index (χ4n) is 4.83. The summed E-state index contributed by atoms with van der Waals surface area (Å²) in [6, 6.07) is 13.2. The number of cyclic esters (lactones) is 1. The number of pyridine rings is 1. The van der Waals surface area contributed by atoms with E-state index in [1.165, 1.54) is 20.8 Å². The molecule has 200 valence electrons. The van der Waals surface area contributed by atoms with E-state index in [1.54, 1.807) is 17.2 Å². The van der Waals surface area contributed by atoms with Crippen molar-refractivity contribution in [1.82, 2.24) is 30.4 Å². The molecule has 2 saturated heterocycles. The van der Waals surface area contributed by atoms with Crippen molar-refractivity contribution in [2.45, 2.75) is 12.6 Å². The molecule has 0 radical (unpaired) electrons. The number of fused-ring (bicyclic) bond motifs is 1. The van der Waals surface area contributed by atoms with Crippen molar-refractivity contribution < 1.29 is 23.1 Å². The van der Waals surface area contributed by atoms with Gasteiger partial charge in [0.25, 0.3) is 5.91 Å². The summed E-state index contributed by atoms with van der Waals surface area (Å²) in [4.78, 5) is 32.7. The van der Waals surface area contributed by atoms with Crippen LogP contribution in [0.15, 0.2) is 60.9 Å². The molecule has 2 aliphatic heterocycles. The molecular weight excluding hydrogens is 510 g/mol. The number of ether oxygens (including phenoxy) is 1. The van der Waals surface area contributed by atoms with E-state index < -0.39 is 23.8 Å². The van der Waals surface area contributed by atoms with Crippen LogP contribution in [0.3, 0.4) is 0 Å². The summed E-state index contributed by atoms with van der Waals surface area (Å²) in [6.07, 6.45) is 1.91. The first-order valence-corrected chi connectivity index (χ1v) is 12.4. The number of anilines is 2. The maximum atomic E-state index is 15.3. The molecule has 2 aromatic carbocycles. The fourth-order valence-corrected chi connectivity index (χ4v) is 4.83. The van der Waals surface area contributed by atoms with Crippen molar-refractivity contribution in [2.75, 3.05) is 42.5 Å². The van der Waals surface area contributed by atoms with Gasteiger partial charge < -0.3 is 9.64 Å². The molecular formula is C26H24F2N8O3. The van der Waals surface area contributed by atoms with Gasteiger partial charge in [0.15, 0.2) is 11.6 Å². The third-order valence-corrected chi connectivity index (χ3v) is 6.71. The molecule has 11 nitrogen and oxygen atoms in total. The number of hydrogen-bond donors (Lipinski definition) is 1. The van der Waals surface area contributed by atoms with Crippen molar-refractivity contribution in [2.24, 2.45) is 0 Å². The van der Waals surface area contributed by atoms with Crippen LogP contribution in [0.25, 0.3) is 10.9 Å². The van der Waals surface area contributed by atoms with Gasteiger partial charge in [0, 0.05) is 43.4 Å². The van der Waals surface area contributed by atoms with Gasteiger partial charge in [-0.3, -0.25) is 14.7 Å². The second-order valence-electron chi connectivity index (χ2n) is 9.24. The van der Waals surface area contributed by atoms with Crippen LogP contribution in [0.4, 0.5) is 25.0 Å². The molecule has 2 aliphatic rings. The number of hydrazine groups is 1. The lowest BCUT2D eigenvalue weighted by Gasteiger charge is -2.25. The van der Waals surface area contributed by atoms with Gasteiger partial charge in [-0.05, 0) is 12.1 Å². The van der Waals surface area contributed by atoms with Gasteiger partial charge >= 0.3 is 6.09 Å². The van der Waals surface area contributed by atoms with Crippen LogP contribution in [0.1, 0.15) is 10.5 Å². The van der Waals surface area contributed by atoms with Crippen LogP contribution < -0.4 is 15.2 Å². The van der Waals surface area contributed by atoms with Crippen molar-refractivity contribution in [1.29, 1.82) is 0 Å². The van der Waals surface area contributed by atoms with E-state index in [9.17, 15) is 9.59 Å². The average molecular weight is 535 g/mol. The van der Waals surface area contributed by atoms with Gasteiger partial charge in [-0.1, -0.05) is 29.5 Å². The molecule has 0 aliphatic carbocycles. The lowest BCUT2D eigenvalue weighted by Crippen LogP contribution is -2.44. The third-order valence-electron chi connectivity index (χ3n) is 6.71. The molecule has 2 amide bonds. The minimum Gasteiger partial charge on any atom is -0.442 e. The topological polar surface area (TPSA) is 109 Å². The van der Waals surface area contributed by atoms with Crippen LogP contribution in [0, 0.1) is 11.6 Å². The second kappa shape index (κ2) is 10.3. The van der Waals surface area contributed by atoms with E-state index in [-0.39, 0.29) is 62.2 Å². The molecule has 0 saturated carbocycles. The first kappa shape index (κ1) is 24.7. The molecule has 6 rings (SSSR count). The normalized spacial score (nSPS) is 17.9. The lowest BCUT2D eigenvalue weighted by atomic mass is 10.2. The molecule has 2 aromatic heterocycles. The number of para-hydroxylation sites is 1. The van der Waals surface area contributed by atoms with Crippen LogP contribution >= 0.6 is 0 Å². The van der Waals surface area contributed by atoms with E-state index in [0.29, 0.717) is 5.52 Å². The van der Waals surface area contributed by atoms with Crippen LogP contribution in [0.2, 0.25) is 0 Å². The number of halogens is 2. The number of hydrogen-bond acceptors (Lipinski definition) is 8. The zero-order valence-corrected chi connectivity index (χ0v) is 20.7. The van der Waals surface area contributed by atoms with Gasteiger partial charge in [-0.25, -0.2) is 28.7 Å². The first-order valence-electron chi connectivity index (χ1n) is 12.4. The molecule has 0 spiro atoms. The molecule has 0 unspecified atom stereocenters. The largest absolute Gasteiger partial charge is 0.442 e. The van der Waals surface area contributed by atoms with Crippen LogP contribution in [-0.4, -0.2) is 75.8 Å². The number of benzene rings is 2. The Kier molecular flexibility index (Phi) is 6.49. The molecule has 1 atom stereocenters. The Morgan fingerprint density at radius 1 is 1.08 bits per heavy atom. The van der Waals surface area contributed by atoms with E-state index in [0.717, 1.165) is 17.5 Å². The number of rotatable bonds is 5. The van der Waals surface area contributed by atoms with E-state index in [4.69, 9.17) is 4.74 Å². The Hall–Kier alpha value is -4.65. The number of amides is 2. The van der Waals surface area contributed by atoms with E-state index >= 15 is 8.78 Å². The van der Waals surface area contributed by atoms with E-state index in [1.807, 2.05) is 30.3 Å². The Bertz CT molecular complexity index is 1510. The minimum absolute atomic E-state index is 0.0620. The van der Waals surface area contributed by atoms with Crippen molar-refractivity contribution in [3.63, 3.8) is 0 Å². The number of aromatic nitrogens is 4. The molecule has 39 heavy (non-hydrogen) atoms. The fraction of sp³-hybridized carbons (Fsp3) is 0.269. The van der Waals surface area contributed by atoms with Crippen LogP contribution in [-0.2, 0) is 11.3 Å². The predicted octanol–water partition coefficient (Wildman–Crippen LogP) is 2.60. The summed E-state index contributed by atoms with van der Waals surface area (Å²) in [5, 5.41) is 9.89. The third kappa shape index (κ3) is 4.95. The zero-order chi connectivity index (χ0) is 26.9. The van der Waals surface area contributed by atoms with Gasteiger partial charge in [-0.15, -0.1) is 5.10 Å². The lowest BCUT2D eigenvalue weighted by molar-refractivity contribution is 0.0676. The van der Waals surface area contributed by atoms with Gasteiger partial charge in [0.1, 0.15) is 17.5 Å². The summed E-state index contributed by atoms with van der Waals surface area (Å²) in [6.45, 7) is 1.29. The van der Waals surface area contributed by atoms with Gasteiger partial charge in [0.2, 0.25) is 0 Å². The minimum atomic E-state index is -0.812. The monoisotopic (exact) mass is 534 g/mol. The smallest absolute Gasteiger partial charge is 0.414 e. The van der Waals surface area contributed by atoms with E-state index in [2.05, 4.69) is 20.7 Å². The second-order valence-corrected chi connectivity index (χ2v) is 9.24. The highest BCUT2D eigenvalue weighted by Gasteiger charge is 2.34. The maximum absolute atomic E-state index is 15.3. The summed E-state index contributed by atoms with van der Waals surface area (Å²) >= 11 is 0. The predicted molar refractivity (Wildman–Crippen MR) is 137 cm³/mol. The zero-order valence-electron chi connectivity index (χ0n) is 20.7. The number of carbonyl (C=O) groups excluding carboxylic acids is 2. The Labute approximate surface area is 221 Å². The number of carbonyl (C=O) groups is 2. The Morgan fingerprint density at radius 2 is 1.90 bits per heavy atom. The van der Waals surface area contributed by atoms with Crippen molar-refractivity contribution >= 4 is 34.3 Å². The molecule has 0 bridgehead atoms. The Morgan fingerprint density at radius 3 is 2.69 bits per heavy atom. The number of nitrogens with zero attached hydrogens (tertiary/aromatic N) is 7. The SMILES string of the molecule is O=C(c1ccc2ccccc2n1)N1CCN(c2c(F)cc(N3C[C@H](Cn4ccnn4)OC3=O)cc2F)CCN1. The maximum Gasteiger partial charge on any atom is 0.414 e. The standard InChI is InChI=1S/C26H24F2N8O3/c27-20-13-18(35-16-19(39-26(35)38)15-34-10-7-29-32-34)14-21(28)24(20)33-9-8-30-36(12-11-33)25(37)23-6-5-17-3-1-2-4-22(17)31-23/h1-7,10,13-14,19,30H,8-9,11-12,15-16H2/t19-/m0/s1. The molecule has 2 fully saturated rings. The highest BCUT2D eigenvalue weighted by Crippen LogP contribution is 2.31. The van der Waals surface area contributed by atoms with Gasteiger partial charge in [-0.2, -0.15) is 0 Å². The van der Waals surface area contributed by atoms with Gasteiger partial charge in [0.05, 0.1) is 37.0 Å². The summed E-state index contributed by atoms with van der Waals surface area (Å²) in [7, 11) is 0. The molecule has 4 heterocycles. The molecule has 1 N–H and O–H groups in total. The van der Waals surface area contributed by atoms with Crippen molar-refractivity contribution in [3.8, 4) is 0 Å². The quantitative estimate of drug-likeness (QED) is 0.416. The highest BCUT2D eigenvalue weighted by molar-refractivity contribution is 5.94. The van der Waals surface area contributed by atoms with Crippen molar-refractivity contribution in [3.05, 3.63) is 78.3 Å². The average Bonchev–Trinajstić information content (AvgIpc) is 3.50. The first-order chi connectivity index (χ1) is 19.0. The molecule has 4 aromatic rings. The summed E-state index contributed by atoms with van der Waals surface area (Å²) < 4.78 is 37.4. The Balaban J connectivity index is 1.15.